The van der Waals surface area contributed by atoms with Crippen molar-refractivity contribution in [1.82, 2.24) is 10.6 Å². The Bertz CT molecular complexity index is 316. The number of halogens is 1. The average molecular weight is 411 g/mol. The number of nitrogens with zero attached hydrogens (tertiary/aromatic N) is 1. The molecule has 0 aromatic heterocycles. The highest BCUT2D eigenvalue weighted by atomic mass is 127. The van der Waals surface area contributed by atoms with Gasteiger partial charge in [0.15, 0.2) is 5.96 Å². The standard InChI is InChI=1S/C15H29N3S.HI/c1-4-19-13-7-5-6-12(10-13)18-14(16-3)17-11-15(2)8-9-15;/h12-13H,4-11H2,1-3H3,(H2,16,17,18);1H. The van der Waals surface area contributed by atoms with E-state index in [1.165, 1.54) is 44.3 Å². The van der Waals surface area contributed by atoms with Crippen LogP contribution in [0.1, 0.15) is 52.4 Å². The van der Waals surface area contributed by atoms with Gasteiger partial charge in [-0.25, -0.2) is 0 Å². The highest BCUT2D eigenvalue weighted by molar-refractivity contribution is 14.0. The van der Waals surface area contributed by atoms with Crippen molar-refractivity contribution in [3.05, 3.63) is 0 Å². The van der Waals surface area contributed by atoms with Gasteiger partial charge in [-0.2, -0.15) is 11.8 Å². The Morgan fingerprint density at radius 3 is 2.70 bits per heavy atom. The maximum absolute atomic E-state index is 4.37. The molecule has 0 bridgehead atoms. The highest BCUT2D eigenvalue weighted by Crippen LogP contribution is 2.44. The number of guanidine groups is 1. The van der Waals surface area contributed by atoms with Crippen molar-refractivity contribution in [3.8, 4) is 0 Å². The topological polar surface area (TPSA) is 36.4 Å². The maximum Gasteiger partial charge on any atom is 0.191 e. The van der Waals surface area contributed by atoms with E-state index in [1.54, 1.807) is 0 Å². The zero-order valence-corrected chi connectivity index (χ0v) is 16.2. The van der Waals surface area contributed by atoms with Gasteiger partial charge in [-0.3, -0.25) is 4.99 Å². The second-order valence-corrected chi connectivity index (χ2v) is 7.90. The largest absolute Gasteiger partial charge is 0.356 e. The van der Waals surface area contributed by atoms with Crippen LogP contribution >= 0.6 is 35.7 Å². The van der Waals surface area contributed by atoms with E-state index in [9.17, 15) is 0 Å². The van der Waals surface area contributed by atoms with Crippen molar-refractivity contribution in [1.29, 1.82) is 0 Å². The molecule has 2 rings (SSSR count). The molecule has 3 nitrogen and oxygen atoms in total. The molecule has 0 aromatic carbocycles. The molecule has 2 aliphatic rings. The number of rotatable bonds is 5. The highest BCUT2D eigenvalue weighted by Gasteiger charge is 2.37. The fourth-order valence-corrected chi connectivity index (χ4v) is 3.91. The van der Waals surface area contributed by atoms with Crippen LogP contribution in [0.2, 0.25) is 0 Å². The summed E-state index contributed by atoms with van der Waals surface area (Å²) < 4.78 is 0. The molecule has 0 aromatic rings. The molecule has 2 N–H and O–H groups in total. The molecule has 118 valence electrons. The third kappa shape index (κ3) is 6.00. The fraction of sp³-hybridized carbons (Fsp3) is 0.933. The molecule has 0 amide bonds. The summed E-state index contributed by atoms with van der Waals surface area (Å²) in [5.41, 5.74) is 0.533. The first kappa shape index (κ1) is 18.4. The molecule has 2 fully saturated rings. The van der Waals surface area contributed by atoms with Gasteiger partial charge in [0.05, 0.1) is 0 Å². The first-order chi connectivity index (χ1) is 9.15. The molecule has 20 heavy (non-hydrogen) atoms. The number of nitrogens with one attached hydrogen (secondary N) is 2. The van der Waals surface area contributed by atoms with Crippen LogP contribution < -0.4 is 10.6 Å². The summed E-state index contributed by atoms with van der Waals surface area (Å²) in [7, 11) is 1.88. The third-order valence-corrected chi connectivity index (χ3v) is 5.61. The molecule has 0 radical (unpaired) electrons. The molecule has 2 saturated carbocycles. The minimum Gasteiger partial charge on any atom is -0.356 e. The zero-order valence-electron chi connectivity index (χ0n) is 13.1. The van der Waals surface area contributed by atoms with Crippen molar-refractivity contribution in [2.24, 2.45) is 10.4 Å². The van der Waals surface area contributed by atoms with E-state index in [2.05, 4.69) is 41.2 Å². The Morgan fingerprint density at radius 2 is 2.10 bits per heavy atom. The molecule has 0 aliphatic heterocycles. The van der Waals surface area contributed by atoms with Crippen LogP contribution in [0.3, 0.4) is 0 Å². The van der Waals surface area contributed by atoms with Crippen LogP contribution in [-0.4, -0.2) is 36.6 Å². The smallest absolute Gasteiger partial charge is 0.191 e. The lowest BCUT2D eigenvalue weighted by molar-refractivity contribution is 0.416. The number of hydrogen-bond acceptors (Lipinski definition) is 2. The molecule has 0 spiro atoms. The summed E-state index contributed by atoms with van der Waals surface area (Å²) in [5.74, 6) is 2.24. The third-order valence-electron chi connectivity index (χ3n) is 4.38. The molecule has 2 unspecified atom stereocenters. The Kier molecular flexibility index (Phi) is 8.01. The van der Waals surface area contributed by atoms with Crippen LogP contribution in [0, 0.1) is 5.41 Å². The van der Waals surface area contributed by atoms with E-state index in [0.717, 1.165) is 17.8 Å². The Labute approximate surface area is 145 Å². The minimum atomic E-state index is 0. The minimum absolute atomic E-state index is 0. The van der Waals surface area contributed by atoms with Crippen LogP contribution in [0.5, 0.6) is 0 Å². The van der Waals surface area contributed by atoms with Crippen molar-refractivity contribution < 1.29 is 0 Å². The van der Waals surface area contributed by atoms with Gasteiger partial charge in [-0.1, -0.05) is 20.3 Å². The summed E-state index contributed by atoms with van der Waals surface area (Å²) in [5, 5.41) is 7.96. The summed E-state index contributed by atoms with van der Waals surface area (Å²) in [6, 6.07) is 0.607. The second-order valence-electron chi connectivity index (χ2n) is 6.32. The summed E-state index contributed by atoms with van der Waals surface area (Å²) >= 11 is 2.12. The van der Waals surface area contributed by atoms with Crippen molar-refractivity contribution in [3.63, 3.8) is 0 Å². The lowest BCUT2D eigenvalue weighted by atomic mass is 9.95. The van der Waals surface area contributed by atoms with Gasteiger partial charge < -0.3 is 10.6 Å². The van der Waals surface area contributed by atoms with Gasteiger partial charge in [0.25, 0.3) is 0 Å². The lowest BCUT2D eigenvalue weighted by Gasteiger charge is -2.30. The summed E-state index contributed by atoms with van der Waals surface area (Å²) in [6.45, 7) is 5.67. The number of aliphatic imine (C=N–C) groups is 1. The van der Waals surface area contributed by atoms with E-state index in [4.69, 9.17) is 0 Å². The molecule has 0 saturated heterocycles. The van der Waals surface area contributed by atoms with Crippen molar-refractivity contribution >= 4 is 41.7 Å². The molecule has 0 heterocycles. The second kappa shape index (κ2) is 8.71. The first-order valence-corrected chi connectivity index (χ1v) is 8.79. The SMILES string of the molecule is CCSC1CCCC(NC(=NC)NCC2(C)CC2)C1.I. The Hall–Kier alpha value is 0.350. The molecular weight excluding hydrogens is 381 g/mol. The summed E-state index contributed by atoms with van der Waals surface area (Å²) in [6.07, 6.45) is 8.03. The van der Waals surface area contributed by atoms with Crippen LogP contribution in [0.25, 0.3) is 0 Å². The predicted molar refractivity (Wildman–Crippen MR) is 101 cm³/mol. The fourth-order valence-electron chi connectivity index (χ4n) is 2.74. The van der Waals surface area contributed by atoms with Gasteiger partial charge in [-0.15, -0.1) is 24.0 Å². The molecular formula is C15H30IN3S. The Balaban J connectivity index is 0.00000200. The van der Waals surface area contributed by atoms with E-state index in [1.807, 2.05) is 7.05 Å². The van der Waals surface area contributed by atoms with Crippen molar-refractivity contribution in [2.75, 3.05) is 19.3 Å². The van der Waals surface area contributed by atoms with E-state index in [-0.39, 0.29) is 24.0 Å². The van der Waals surface area contributed by atoms with Crippen LogP contribution in [0.4, 0.5) is 0 Å². The first-order valence-electron chi connectivity index (χ1n) is 7.74. The molecule has 5 heteroatoms. The number of hydrogen-bond donors (Lipinski definition) is 2. The van der Waals surface area contributed by atoms with Crippen LogP contribution in [-0.2, 0) is 0 Å². The lowest BCUT2D eigenvalue weighted by Crippen LogP contribution is -2.46. The van der Waals surface area contributed by atoms with Gasteiger partial charge >= 0.3 is 0 Å². The zero-order chi connectivity index (χ0) is 13.7. The van der Waals surface area contributed by atoms with Gasteiger partial charge in [-0.05, 0) is 43.3 Å². The van der Waals surface area contributed by atoms with E-state index >= 15 is 0 Å². The molecule has 2 aliphatic carbocycles. The van der Waals surface area contributed by atoms with Crippen LogP contribution in [0.15, 0.2) is 4.99 Å². The monoisotopic (exact) mass is 411 g/mol. The Morgan fingerprint density at radius 1 is 1.35 bits per heavy atom. The average Bonchev–Trinajstić information content (AvgIpc) is 3.14. The normalized spacial score (nSPS) is 28.4. The summed E-state index contributed by atoms with van der Waals surface area (Å²) in [4.78, 5) is 4.37. The quantitative estimate of drug-likeness (QED) is 0.412. The van der Waals surface area contributed by atoms with Gasteiger partial charge in [0, 0.05) is 24.9 Å². The van der Waals surface area contributed by atoms with Gasteiger partial charge in [0.1, 0.15) is 0 Å². The van der Waals surface area contributed by atoms with E-state index < -0.39 is 0 Å². The maximum atomic E-state index is 4.37. The van der Waals surface area contributed by atoms with Gasteiger partial charge in [0.2, 0.25) is 0 Å². The molecule has 2 atom stereocenters. The van der Waals surface area contributed by atoms with E-state index in [0.29, 0.717) is 11.5 Å². The van der Waals surface area contributed by atoms with Crippen molar-refractivity contribution in [2.45, 2.75) is 63.7 Å². The number of thioether (sulfide) groups is 1. The predicted octanol–water partition coefficient (Wildman–Crippen LogP) is 3.63.